The van der Waals surface area contributed by atoms with E-state index in [9.17, 15) is 9.50 Å². The van der Waals surface area contributed by atoms with Crippen LogP contribution in [0, 0.1) is 5.92 Å². The molecule has 6 atom stereocenters. The van der Waals surface area contributed by atoms with E-state index in [2.05, 4.69) is 32.1 Å². The van der Waals surface area contributed by atoms with Crippen molar-refractivity contribution in [3.8, 4) is 11.8 Å². The van der Waals surface area contributed by atoms with Crippen LogP contribution >= 0.6 is 0 Å². The molecule has 4 saturated heterocycles. The number of ether oxygens (including phenoxy) is 1. The van der Waals surface area contributed by atoms with Gasteiger partial charge in [-0.3, -0.25) is 4.90 Å². The van der Waals surface area contributed by atoms with Crippen molar-refractivity contribution in [2.45, 2.75) is 87.7 Å². The Labute approximate surface area is 252 Å². The minimum absolute atomic E-state index is 0.241. The molecule has 8 nitrogen and oxygen atoms in total. The Kier molecular flexibility index (Phi) is 6.06. The number of aromatic nitrogens is 2. The molecule has 5 aliphatic heterocycles. The lowest BCUT2D eigenvalue weighted by Gasteiger charge is -2.38. The number of phenolic OH excluding ortho intramolecular Hbond substituents is 1. The number of nitrogens with one attached hydrogen (secondary N) is 1. The van der Waals surface area contributed by atoms with Gasteiger partial charge < -0.3 is 25.0 Å². The molecule has 0 spiro atoms. The second kappa shape index (κ2) is 9.92. The van der Waals surface area contributed by atoms with Crippen molar-refractivity contribution < 1.29 is 14.2 Å². The normalized spacial score (nSPS) is 33.2. The minimum Gasteiger partial charge on any atom is -0.508 e. The zero-order chi connectivity index (χ0) is 28.7. The molecule has 2 bridgehead atoms. The van der Waals surface area contributed by atoms with E-state index >= 15 is 0 Å². The number of piperazine rings is 1. The molecule has 226 valence electrons. The van der Waals surface area contributed by atoms with Gasteiger partial charge in [0.15, 0.2) is 0 Å². The molecule has 0 radical (unpaired) electrons. The summed E-state index contributed by atoms with van der Waals surface area (Å²) in [6.45, 7) is 4.34. The van der Waals surface area contributed by atoms with E-state index in [-0.39, 0.29) is 11.3 Å². The first kappa shape index (κ1) is 26.3. The Morgan fingerprint density at radius 2 is 1.86 bits per heavy atom. The zero-order valence-corrected chi connectivity index (χ0v) is 24.7. The highest BCUT2D eigenvalue weighted by molar-refractivity contribution is 5.95. The van der Waals surface area contributed by atoms with Crippen molar-refractivity contribution >= 4 is 22.3 Å². The van der Waals surface area contributed by atoms with E-state index in [4.69, 9.17) is 14.7 Å². The Hall–Kier alpha value is -3.17. The van der Waals surface area contributed by atoms with Crippen LogP contribution in [-0.2, 0) is 13.0 Å². The largest absolute Gasteiger partial charge is 0.508 e. The van der Waals surface area contributed by atoms with Crippen LogP contribution in [-0.4, -0.2) is 82.6 Å². The first-order valence-electron chi connectivity index (χ1n) is 16.4. The topological polar surface area (TPSA) is 77.0 Å². The Bertz CT molecular complexity index is 1560. The summed E-state index contributed by atoms with van der Waals surface area (Å²) < 4.78 is 21.4. The predicted molar refractivity (Wildman–Crippen MR) is 165 cm³/mol. The average Bonchev–Trinajstić information content (AvgIpc) is 3.75. The first-order valence-corrected chi connectivity index (χ1v) is 16.4. The van der Waals surface area contributed by atoms with Crippen LogP contribution in [0.3, 0.4) is 0 Å². The van der Waals surface area contributed by atoms with Gasteiger partial charge in [0, 0.05) is 73.4 Å². The number of phenols is 1. The fraction of sp³-hybridized carbons (Fsp3) is 0.588. The van der Waals surface area contributed by atoms with E-state index in [1.54, 1.807) is 0 Å². The third kappa shape index (κ3) is 4.37. The molecule has 43 heavy (non-hydrogen) atoms. The summed E-state index contributed by atoms with van der Waals surface area (Å²) in [6, 6.07) is 13.9. The third-order valence-corrected chi connectivity index (χ3v) is 11.4. The molecule has 0 amide bonds. The molecule has 9 heteroatoms. The van der Waals surface area contributed by atoms with E-state index in [0.717, 1.165) is 60.4 Å². The number of rotatable bonds is 5. The monoisotopic (exact) mass is 584 g/mol. The lowest BCUT2D eigenvalue weighted by molar-refractivity contribution is 0.0829. The molecule has 2 unspecified atom stereocenters. The standard InChI is InChI=1S/C34H41FN6O2/c35-23-15-34(14-22-5-3-7-30(22)41(34)16-23)20-43-33-37-29-19-39(31-13-26(42)12-21-4-1-2-6-27(21)31)11-10-28(29)32(38-33)40-17-24-8-9-25(18-40)36-24/h1-2,4,6,12-13,22-25,30,36,42H,3,5,7-11,14-20H2/t22-,23-,24?,25?,30-,34-/m1/s1. The molecule has 6 aliphatic rings. The zero-order valence-electron chi connectivity index (χ0n) is 24.7. The van der Waals surface area contributed by atoms with E-state index in [1.165, 1.54) is 37.7 Å². The van der Waals surface area contributed by atoms with Gasteiger partial charge in [-0.15, -0.1) is 0 Å². The highest BCUT2D eigenvalue weighted by Crippen LogP contribution is 2.52. The second-order valence-electron chi connectivity index (χ2n) is 14.1. The van der Waals surface area contributed by atoms with Gasteiger partial charge in [-0.25, -0.2) is 4.39 Å². The van der Waals surface area contributed by atoms with Gasteiger partial charge in [0.1, 0.15) is 24.3 Å². The van der Waals surface area contributed by atoms with Crippen LogP contribution in [0.4, 0.5) is 15.9 Å². The van der Waals surface area contributed by atoms with Gasteiger partial charge in [-0.2, -0.15) is 9.97 Å². The number of nitrogens with zero attached hydrogens (tertiary/aromatic N) is 5. The molecule has 5 fully saturated rings. The lowest BCUT2D eigenvalue weighted by Crippen LogP contribution is -2.52. The van der Waals surface area contributed by atoms with Gasteiger partial charge in [-0.05, 0) is 55.9 Å². The quantitative estimate of drug-likeness (QED) is 0.452. The molecule has 1 aliphatic carbocycles. The second-order valence-corrected chi connectivity index (χ2v) is 14.1. The van der Waals surface area contributed by atoms with Crippen molar-refractivity contribution in [3.63, 3.8) is 0 Å². The Balaban J connectivity index is 1.06. The van der Waals surface area contributed by atoms with Crippen LogP contribution in [0.1, 0.15) is 56.2 Å². The molecule has 2 N–H and O–H groups in total. The maximum atomic E-state index is 14.9. The summed E-state index contributed by atoms with van der Waals surface area (Å²) >= 11 is 0. The summed E-state index contributed by atoms with van der Waals surface area (Å²) in [6.07, 6.45) is 7.74. The summed E-state index contributed by atoms with van der Waals surface area (Å²) in [7, 11) is 0. The van der Waals surface area contributed by atoms with Crippen LogP contribution in [0.2, 0.25) is 0 Å². The molecule has 1 aromatic heterocycles. The maximum Gasteiger partial charge on any atom is 0.318 e. The number of alkyl halides is 1. The molecule has 2 aromatic carbocycles. The highest BCUT2D eigenvalue weighted by atomic mass is 19.1. The maximum absolute atomic E-state index is 14.9. The molecule has 9 rings (SSSR count). The van der Waals surface area contributed by atoms with Crippen molar-refractivity contribution in [1.82, 2.24) is 20.2 Å². The Morgan fingerprint density at radius 3 is 2.74 bits per heavy atom. The Morgan fingerprint density at radius 1 is 1.00 bits per heavy atom. The number of halogens is 1. The van der Waals surface area contributed by atoms with E-state index < -0.39 is 6.17 Å². The van der Waals surface area contributed by atoms with Crippen molar-refractivity contribution in [2.24, 2.45) is 5.92 Å². The third-order valence-electron chi connectivity index (χ3n) is 11.4. The number of hydrogen-bond donors (Lipinski definition) is 2. The van der Waals surface area contributed by atoms with Crippen molar-refractivity contribution in [1.29, 1.82) is 0 Å². The molecular weight excluding hydrogens is 543 g/mol. The van der Waals surface area contributed by atoms with Crippen LogP contribution < -0.4 is 19.9 Å². The molecule has 1 saturated carbocycles. The average molecular weight is 585 g/mol. The fourth-order valence-corrected chi connectivity index (χ4v) is 9.67. The number of aromatic hydroxyl groups is 1. The molecule has 3 aromatic rings. The SMILES string of the molecule is Oc1cc(N2CCc3c(nc(OC[C@@]45C[C@@H](F)CN4[C@@H]4CCC[C@@H]4C5)nc3N3CC4CCC(C3)N4)C2)c2ccccc2c1. The number of anilines is 2. The lowest BCUT2D eigenvalue weighted by atomic mass is 9.89. The van der Waals surface area contributed by atoms with Gasteiger partial charge in [-0.1, -0.05) is 30.7 Å². The van der Waals surface area contributed by atoms with Gasteiger partial charge in [0.25, 0.3) is 0 Å². The van der Waals surface area contributed by atoms with Gasteiger partial charge in [0.05, 0.1) is 17.8 Å². The first-order chi connectivity index (χ1) is 21.0. The molecular formula is C34H41FN6O2. The van der Waals surface area contributed by atoms with E-state index in [0.29, 0.717) is 56.2 Å². The number of fused-ring (bicyclic) bond motifs is 7. The van der Waals surface area contributed by atoms with Gasteiger partial charge >= 0.3 is 6.01 Å². The van der Waals surface area contributed by atoms with Crippen LogP contribution in [0.15, 0.2) is 36.4 Å². The van der Waals surface area contributed by atoms with Crippen molar-refractivity contribution in [3.05, 3.63) is 47.7 Å². The number of benzene rings is 2. The summed E-state index contributed by atoms with van der Waals surface area (Å²) in [4.78, 5) is 17.4. The van der Waals surface area contributed by atoms with Crippen LogP contribution in [0.25, 0.3) is 10.8 Å². The van der Waals surface area contributed by atoms with Gasteiger partial charge in [0.2, 0.25) is 0 Å². The van der Waals surface area contributed by atoms with E-state index in [1.807, 2.05) is 24.3 Å². The minimum atomic E-state index is -0.785. The van der Waals surface area contributed by atoms with Crippen LogP contribution in [0.5, 0.6) is 11.8 Å². The summed E-state index contributed by atoms with van der Waals surface area (Å²) in [5.41, 5.74) is 3.00. The highest BCUT2D eigenvalue weighted by Gasteiger charge is 2.58. The summed E-state index contributed by atoms with van der Waals surface area (Å²) in [5, 5.41) is 16.5. The smallest absolute Gasteiger partial charge is 0.318 e. The van der Waals surface area contributed by atoms with Crippen molar-refractivity contribution in [2.75, 3.05) is 42.6 Å². The fourth-order valence-electron chi connectivity index (χ4n) is 9.67. The predicted octanol–water partition coefficient (Wildman–Crippen LogP) is 4.57. The number of hydrogen-bond acceptors (Lipinski definition) is 8. The summed E-state index contributed by atoms with van der Waals surface area (Å²) in [5.74, 6) is 1.96. The molecule has 6 heterocycles.